The first-order valence-electron chi connectivity index (χ1n) is 6.50. The summed E-state index contributed by atoms with van der Waals surface area (Å²) in [5.41, 5.74) is 3.78. The van der Waals surface area contributed by atoms with Gasteiger partial charge in [-0.3, -0.25) is 9.59 Å². The van der Waals surface area contributed by atoms with Crippen molar-refractivity contribution < 1.29 is 9.59 Å². The van der Waals surface area contributed by atoms with Crippen molar-refractivity contribution in [3.63, 3.8) is 0 Å². The number of hydrogen-bond acceptors (Lipinski definition) is 2. The van der Waals surface area contributed by atoms with Gasteiger partial charge in [0.15, 0.2) is 11.6 Å². The lowest BCUT2D eigenvalue weighted by molar-refractivity contribution is 0.0960. The Labute approximate surface area is 107 Å². The van der Waals surface area contributed by atoms with Crippen molar-refractivity contribution in [2.75, 3.05) is 0 Å². The van der Waals surface area contributed by atoms with E-state index in [4.69, 9.17) is 0 Å². The summed E-state index contributed by atoms with van der Waals surface area (Å²) in [6, 6.07) is 5.55. The molecule has 1 aromatic carbocycles. The second-order valence-corrected chi connectivity index (χ2v) is 5.51. The van der Waals surface area contributed by atoms with Crippen LogP contribution in [0.15, 0.2) is 29.3 Å². The zero-order chi connectivity index (χ0) is 12.9. The fraction of sp³-hybridized carbons (Fsp3) is 0.375. The quantitative estimate of drug-likeness (QED) is 0.695. The number of hydrogen-bond donors (Lipinski definition) is 0. The van der Waals surface area contributed by atoms with Crippen LogP contribution in [0.25, 0.3) is 0 Å². The highest BCUT2D eigenvalue weighted by molar-refractivity contribution is 6.27. The highest BCUT2D eigenvalue weighted by Crippen LogP contribution is 2.37. The molecule has 0 spiro atoms. The molecule has 0 radical (unpaired) electrons. The molecule has 2 aliphatic rings. The summed E-state index contributed by atoms with van der Waals surface area (Å²) in [4.78, 5) is 24.9. The monoisotopic (exact) mass is 240 g/mol. The molecule has 2 nitrogen and oxygen atoms in total. The highest BCUT2D eigenvalue weighted by Gasteiger charge is 2.34. The summed E-state index contributed by atoms with van der Waals surface area (Å²) in [6.07, 6.45) is 2.53. The number of benzene rings is 1. The van der Waals surface area contributed by atoms with Crippen LogP contribution >= 0.6 is 0 Å². The van der Waals surface area contributed by atoms with Gasteiger partial charge in [-0.2, -0.15) is 0 Å². The Hall–Kier alpha value is -1.70. The Kier molecular flexibility index (Phi) is 2.47. The van der Waals surface area contributed by atoms with Gasteiger partial charge in [-0.25, -0.2) is 0 Å². The lowest BCUT2D eigenvalue weighted by atomic mass is 9.74. The van der Waals surface area contributed by atoms with Gasteiger partial charge in [-0.15, -0.1) is 0 Å². The molecule has 2 aliphatic carbocycles. The molecule has 0 heterocycles. The van der Waals surface area contributed by atoms with E-state index in [9.17, 15) is 9.59 Å². The van der Waals surface area contributed by atoms with E-state index in [0.717, 1.165) is 36.0 Å². The zero-order valence-corrected chi connectivity index (χ0v) is 10.7. The molecule has 0 N–H and O–H groups in total. The van der Waals surface area contributed by atoms with E-state index in [-0.39, 0.29) is 11.6 Å². The van der Waals surface area contributed by atoms with Gasteiger partial charge >= 0.3 is 0 Å². The number of ketones is 2. The topological polar surface area (TPSA) is 34.1 Å². The van der Waals surface area contributed by atoms with Crippen molar-refractivity contribution in [3.05, 3.63) is 46.0 Å². The number of fused-ring (bicyclic) bond motifs is 1. The molecule has 3 rings (SSSR count). The SMILES string of the molecule is Cc1ccc2c(c1)C(=O)C1=C(CCC(C)C1)C2=O. The van der Waals surface area contributed by atoms with Crippen molar-refractivity contribution in [3.8, 4) is 0 Å². The van der Waals surface area contributed by atoms with Crippen LogP contribution in [-0.4, -0.2) is 11.6 Å². The Morgan fingerprint density at radius 3 is 2.56 bits per heavy atom. The minimum atomic E-state index is 0.0755. The molecule has 0 aliphatic heterocycles. The van der Waals surface area contributed by atoms with Gasteiger partial charge in [-0.1, -0.05) is 24.6 Å². The summed E-state index contributed by atoms with van der Waals surface area (Å²) in [5, 5.41) is 0. The molecular formula is C16H16O2. The van der Waals surface area contributed by atoms with Gasteiger partial charge in [0.25, 0.3) is 0 Å². The van der Waals surface area contributed by atoms with Crippen molar-refractivity contribution in [1.82, 2.24) is 0 Å². The number of carbonyl (C=O) groups is 2. The maximum atomic E-state index is 12.5. The fourth-order valence-corrected chi connectivity index (χ4v) is 2.96. The summed E-state index contributed by atoms with van der Waals surface area (Å²) >= 11 is 0. The van der Waals surface area contributed by atoms with E-state index in [2.05, 4.69) is 6.92 Å². The lowest BCUT2D eigenvalue weighted by Gasteiger charge is -2.27. The fourth-order valence-electron chi connectivity index (χ4n) is 2.96. The number of carbonyl (C=O) groups excluding carboxylic acids is 2. The van der Waals surface area contributed by atoms with Gasteiger partial charge < -0.3 is 0 Å². The highest BCUT2D eigenvalue weighted by atomic mass is 16.1. The summed E-state index contributed by atoms with van der Waals surface area (Å²) in [5.74, 6) is 0.660. The van der Waals surface area contributed by atoms with Gasteiger partial charge in [-0.05, 0) is 38.2 Å². The standard InChI is InChI=1S/C16H16O2/c1-9-3-5-11-13(7-9)16(18)14-8-10(2)4-6-12(14)15(11)17/h3,5,7,10H,4,6,8H2,1-2H3. The molecule has 0 saturated heterocycles. The van der Waals surface area contributed by atoms with Crippen molar-refractivity contribution in [1.29, 1.82) is 0 Å². The average Bonchev–Trinajstić information content (AvgIpc) is 2.35. The molecule has 2 heteroatoms. The molecule has 1 unspecified atom stereocenters. The lowest BCUT2D eigenvalue weighted by Crippen LogP contribution is -2.26. The smallest absolute Gasteiger partial charge is 0.190 e. The Morgan fingerprint density at radius 1 is 1.06 bits per heavy atom. The Morgan fingerprint density at radius 2 is 1.78 bits per heavy atom. The number of allylic oxidation sites excluding steroid dienone is 2. The van der Waals surface area contributed by atoms with E-state index in [1.54, 1.807) is 6.07 Å². The average molecular weight is 240 g/mol. The van der Waals surface area contributed by atoms with Crippen LogP contribution in [0.4, 0.5) is 0 Å². The second kappa shape index (κ2) is 3.91. The molecule has 0 fully saturated rings. The van der Waals surface area contributed by atoms with Crippen LogP contribution in [0.2, 0.25) is 0 Å². The molecular weight excluding hydrogens is 224 g/mol. The van der Waals surface area contributed by atoms with Gasteiger partial charge in [0.1, 0.15) is 0 Å². The van der Waals surface area contributed by atoms with Crippen LogP contribution in [0, 0.1) is 12.8 Å². The van der Waals surface area contributed by atoms with Crippen molar-refractivity contribution in [2.24, 2.45) is 5.92 Å². The number of rotatable bonds is 0. The molecule has 0 saturated carbocycles. The third-order valence-corrected chi connectivity index (χ3v) is 4.02. The van der Waals surface area contributed by atoms with E-state index >= 15 is 0 Å². The van der Waals surface area contributed by atoms with E-state index in [1.165, 1.54) is 0 Å². The Balaban J connectivity index is 2.18. The van der Waals surface area contributed by atoms with Crippen LogP contribution in [0.5, 0.6) is 0 Å². The van der Waals surface area contributed by atoms with Crippen molar-refractivity contribution >= 4 is 11.6 Å². The molecule has 92 valence electrons. The summed E-state index contributed by atoms with van der Waals surface area (Å²) in [7, 11) is 0. The predicted molar refractivity (Wildman–Crippen MR) is 69.9 cm³/mol. The third kappa shape index (κ3) is 1.56. The molecule has 1 atom stereocenters. The molecule has 0 aromatic heterocycles. The third-order valence-electron chi connectivity index (χ3n) is 4.02. The van der Waals surface area contributed by atoms with Crippen molar-refractivity contribution in [2.45, 2.75) is 33.1 Å². The first kappa shape index (κ1) is 11.4. The molecule has 1 aromatic rings. The van der Waals surface area contributed by atoms with E-state index in [1.807, 2.05) is 19.1 Å². The van der Waals surface area contributed by atoms with E-state index in [0.29, 0.717) is 17.0 Å². The minimum absolute atomic E-state index is 0.0755. The van der Waals surface area contributed by atoms with Crippen LogP contribution in [-0.2, 0) is 0 Å². The van der Waals surface area contributed by atoms with Crippen LogP contribution < -0.4 is 0 Å². The van der Waals surface area contributed by atoms with E-state index < -0.39 is 0 Å². The minimum Gasteiger partial charge on any atom is -0.289 e. The molecule has 0 bridgehead atoms. The zero-order valence-electron chi connectivity index (χ0n) is 10.7. The summed E-state index contributed by atoms with van der Waals surface area (Å²) < 4.78 is 0. The number of Topliss-reactive ketones (excluding diaryl/α,β-unsaturated/α-hetero) is 2. The van der Waals surface area contributed by atoms with Crippen LogP contribution in [0.1, 0.15) is 52.5 Å². The Bertz CT molecular complexity index is 593. The largest absolute Gasteiger partial charge is 0.289 e. The maximum Gasteiger partial charge on any atom is 0.190 e. The first-order valence-corrected chi connectivity index (χ1v) is 6.50. The van der Waals surface area contributed by atoms with Gasteiger partial charge in [0.2, 0.25) is 0 Å². The number of aryl methyl sites for hydroxylation is 1. The predicted octanol–water partition coefficient (Wildman–Crippen LogP) is 3.49. The maximum absolute atomic E-state index is 12.5. The van der Waals surface area contributed by atoms with Gasteiger partial charge in [0.05, 0.1) is 0 Å². The first-order chi connectivity index (χ1) is 8.58. The second-order valence-electron chi connectivity index (χ2n) is 5.51. The normalized spacial score (nSPS) is 22.9. The van der Waals surface area contributed by atoms with Gasteiger partial charge in [0, 0.05) is 22.3 Å². The molecule has 18 heavy (non-hydrogen) atoms. The van der Waals surface area contributed by atoms with Crippen LogP contribution in [0.3, 0.4) is 0 Å². The molecule has 0 amide bonds. The summed E-state index contributed by atoms with van der Waals surface area (Å²) in [6.45, 7) is 4.10.